The van der Waals surface area contributed by atoms with Crippen LogP contribution in [0.4, 0.5) is 23.1 Å². The molecule has 0 saturated carbocycles. The number of nitrogens with zero attached hydrogens (tertiary/aromatic N) is 2. The molecule has 3 rings (SSSR count). The molecule has 0 atom stereocenters. The highest BCUT2D eigenvalue weighted by Crippen LogP contribution is 2.23. The quantitative estimate of drug-likeness (QED) is 0.577. The van der Waals surface area contributed by atoms with Crippen LogP contribution in [0.15, 0.2) is 54.6 Å². The molecule has 1 heterocycles. The van der Waals surface area contributed by atoms with Crippen molar-refractivity contribution in [3.05, 3.63) is 70.9 Å². The molecular formula is C20H19ClN4O2. The van der Waals surface area contributed by atoms with Crippen LogP contribution in [0, 0.1) is 6.92 Å². The molecule has 3 aromatic rings. The van der Waals surface area contributed by atoms with Crippen LogP contribution in [0.2, 0.25) is 5.02 Å². The molecular weight excluding hydrogens is 364 g/mol. The SMILES string of the molecule is CCOC(=O)c1ccccc1Nc1cc(C)nc(Nc2cccc(Cl)c2)n1. The minimum Gasteiger partial charge on any atom is -0.462 e. The number of rotatable bonds is 6. The van der Waals surface area contributed by atoms with Crippen molar-refractivity contribution < 1.29 is 9.53 Å². The second-order valence-electron chi connectivity index (χ2n) is 5.74. The van der Waals surface area contributed by atoms with Crippen molar-refractivity contribution in [2.45, 2.75) is 13.8 Å². The summed E-state index contributed by atoms with van der Waals surface area (Å²) >= 11 is 6.02. The first-order chi connectivity index (χ1) is 13.0. The third kappa shape index (κ3) is 4.95. The van der Waals surface area contributed by atoms with Gasteiger partial charge in [-0.25, -0.2) is 9.78 Å². The maximum Gasteiger partial charge on any atom is 0.340 e. The number of aryl methyl sites for hydroxylation is 1. The van der Waals surface area contributed by atoms with E-state index < -0.39 is 0 Å². The van der Waals surface area contributed by atoms with E-state index in [2.05, 4.69) is 20.6 Å². The molecule has 0 fully saturated rings. The topological polar surface area (TPSA) is 76.1 Å². The maximum absolute atomic E-state index is 12.1. The summed E-state index contributed by atoms with van der Waals surface area (Å²) in [6, 6.07) is 16.2. The van der Waals surface area contributed by atoms with Crippen LogP contribution in [0.1, 0.15) is 23.0 Å². The molecule has 138 valence electrons. The Bertz CT molecular complexity index is 962. The number of benzene rings is 2. The average molecular weight is 383 g/mol. The number of carbonyl (C=O) groups is 1. The molecule has 1 aromatic heterocycles. The van der Waals surface area contributed by atoms with E-state index in [4.69, 9.17) is 16.3 Å². The van der Waals surface area contributed by atoms with Gasteiger partial charge in [0.1, 0.15) is 5.82 Å². The monoisotopic (exact) mass is 382 g/mol. The molecule has 7 heteroatoms. The van der Waals surface area contributed by atoms with E-state index in [1.807, 2.05) is 25.1 Å². The van der Waals surface area contributed by atoms with Gasteiger partial charge in [-0.2, -0.15) is 4.98 Å². The number of nitrogens with one attached hydrogen (secondary N) is 2. The molecule has 0 aliphatic heterocycles. The summed E-state index contributed by atoms with van der Waals surface area (Å²) in [4.78, 5) is 21.0. The van der Waals surface area contributed by atoms with Crippen LogP contribution in [0.25, 0.3) is 0 Å². The molecule has 0 bridgehead atoms. The first-order valence-electron chi connectivity index (χ1n) is 8.46. The van der Waals surface area contributed by atoms with Gasteiger partial charge in [-0.05, 0) is 44.2 Å². The van der Waals surface area contributed by atoms with E-state index in [9.17, 15) is 4.79 Å². The molecule has 0 spiro atoms. The smallest absolute Gasteiger partial charge is 0.340 e. The second kappa shape index (κ2) is 8.51. The summed E-state index contributed by atoms with van der Waals surface area (Å²) in [5.74, 6) is 0.598. The zero-order valence-electron chi connectivity index (χ0n) is 15.0. The van der Waals surface area contributed by atoms with Gasteiger partial charge in [-0.1, -0.05) is 29.8 Å². The van der Waals surface area contributed by atoms with Crippen LogP contribution < -0.4 is 10.6 Å². The van der Waals surface area contributed by atoms with Crippen LogP contribution in [-0.2, 0) is 4.74 Å². The first kappa shape index (κ1) is 18.7. The van der Waals surface area contributed by atoms with E-state index in [1.165, 1.54) is 0 Å². The Morgan fingerprint density at radius 3 is 2.67 bits per heavy atom. The number of hydrogen-bond acceptors (Lipinski definition) is 6. The largest absolute Gasteiger partial charge is 0.462 e. The van der Waals surface area contributed by atoms with Crippen molar-refractivity contribution in [2.24, 2.45) is 0 Å². The fraction of sp³-hybridized carbons (Fsp3) is 0.150. The van der Waals surface area contributed by atoms with Gasteiger partial charge < -0.3 is 15.4 Å². The van der Waals surface area contributed by atoms with Crippen molar-refractivity contribution in [2.75, 3.05) is 17.2 Å². The highest BCUT2D eigenvalue weighted by atomic mass is 35.5. The van der Waals surface area contributed by atoms with Crippen molar-refractivity contribution in [3.63, 3.8) is 0 Å². The Labute approximate surface area is 162 Å². The van der Waals surface area contributed by atoms with Gasteiger partial charge in [0.15, 0.2) is 0 Å². The molecule has 0 unspecified atom stereocenters. The molecule has 6 nitrogen and oxygen atoms in total. The summed E-state index contributed by atoms with van der Waals surface area (Å²) in [6.07, 6.45) is 0. The lowest BCUT2D eigenvalue weighted by atomic mass is 10.2. The minimum atomic E-state index is -0.386. The standard InChI is InChI=1S/C20H19ClN4O2/c1-3-27-19(26)16-9-4-5-10-17(16)24-18-11-13(2)22-20(25-18)23-15-8-6-7-14(21)12-15/h4-12H,3H2,1-2H3,(H2,22,23,24,25). The number of anilines is 4. The van der Waals surface area contributed by atoms with Gasteiger partial charge in [0, 0.05) is 22.5 Å². The summed E-state index contributed by atoms with van der Waals surface area (Å²) in [7, 11) is 0. The Morgan fingerprint density at radius 1 is 1.07 bits per heavy atom. The van der Waals surface area contributed by atoms with Gasteiger partial charge in [-0.3, -0.25) is 0 Å². The number of halogens is 1. The van der Waals surface area contributed by atoms with Crippen molar-refractivity contribution >= 4 is 40.7 Å². The molecule has 0 saturated heterocycles. The summed E-state index contributed by atoms with van der Waals surface area (Å²) in [5, 5.41) is 6.92. The lowest BCUT2D eigenvalue weighted by molar-refractivity contribution is 0.0527. The number of hydrogen-bond donors (Lipinski definition) is 2. The van der Waals surface area contributed by atoms with Gasteiger partial charge in [0.25, 0.3) is 0 Å². The number of ether oxygens (including phenoxy) is 1. The number of para-hydroxylation sites is 1. The normalized spacial score (nSPS) is 10.3. The summed E-state index contributed by atoms with van der Waals surface area (Å²) < 4.78 is 5.11. The number of carbonyl (C=O) groups excluding carboxylic acids is 1. The average Bonchev–Trinajstić information content (AvgIpc) is 2.62. The minimum absolute atomic E-state index is 0.313. The van der Waals surface area contributed by atoms with Crippen molar-refractivity contribution in [1.82, 2.24) is 9.97 Å². The predicted octanol–water partition coefficient (Wildman–Crippen LogP) is 5.10. The Balaban J connectivity index is 1.86. The van der Waals surface area contributed by atoms with E-state index in [0.717, 1.165) is 11.4 Å². The van der Waals surface area contributed by atoms with E-state index in [0.29, 0.717) is 34.6 Å². The third-order valence-corrected chi connectivity index (χ3v) is 3.86. The molecule has 0 radical (unpaired) electrons. The Hall–Kier alpha value is -3.12. The Kier molecular flexibility index (Phi) is 5.88. The van der Waals surface area contributed by atoms with Crippen molar-refractivity contribution in [1.29, 1.82) is 0 Å². The lowest BCUT2D eigenvalue weighted by Gasteiger charge is -2.12. The predicted molar refractivity (Wildman–Crippen MR) is 107 cm³/mol. The van der Waals surface area contributed by atoms with Crippen molar-refractivity contribution in [3.8, 4) is 0 Å². The number of esters is 1. The van der Waals surface area contributed by atoms with Gasteiger partial charge in [0.05, 0.1) is 17.9 Å². The molecule has 27 heavy (non-hydrogen) atoms. The summed E-state index contributed by atoms with van der Waals surface area (Å²) in [6.45, 7) is 3.95. The van der Waals surface area contributed by atoms with Gasteiger partial charge in [-0.15, -0.1) is 0 Å². The highest BCUT2D eigenvalue weighted by molar-refractivity contribution is 6.30. The van der Waals surface area contributed by atoms with Gasteiger partial charge >= 0.3 is 5.97 Å². The zero-order chi connectivity index (χ0) is 19.2. The fourth-order valence-corrected chi connectivity index (χ4v) is 2.69. The molecule has 0 amide bonds. The van der Waals surface area contributed by atoms with Crippen LogP contribution >= 0.6 is 11.6 Å². The molecule has 2 aromatic carbocycles. The van der Waals surface area contributed by atoms with E-state index in [-0.39, 0.29) is 5.97 Å². The maximum atomic E-state index is 12.1. The number of aromatic nitrogens is 2. The van der Waals surface area contributed by atoms with Crippen LogP contribution in [0.3, 0.4) is 0 Å². The molecule has 2 N–H and O–H groups in total. The molecule has 0 aliphatic carbocycles. The van der Waals surface area contributed by atoms with Gasteiger partial charge in [0.2, 0.25) is 5.95 Å². The van der Waals surface area contributed by atoms with E-state index in [1.54, 1.807) is 43.3 Å². The Morgan fingerprint density at radius 2 is 1.89 bits per heavy atom. The third-order valence-electron chi connectivity index (χ3n) is 3.62. The summed E-state index contributed by atoms with van der Waals surface area (Å²) in [5.41, 5.74) is 2.61. The zero-order valence-corrected chi connectivity index (χ0v) is 15.7. The first-order valence-corrected chi connectivity index (χ1v) is 8.84. The lowest BCUT2D eigenvalue weighted by Crippen LogP contribution is -2.09. The molecule has 0 aliphatic rings. The highest BCUT2D eigenvalue weighted by Gasteiger charge is 2.13. The van der Waals surface area contributed by atoms with Crippen LogP contribution in [0.5, 0.6) is 0 Å². The second-order valence-corrected chi connectivity index (χ2v) is 6.18. The fourth-order valence-electron chi connectivity index (χ4n) is 2.50. The van der Waals surface area contributed by atoms with E-state index >= 15 is 0 Å². The van der Waals surface area contributed by atoms with Crippen LogP contribution in [-0.4, -0.2) is 22.5 Å².